The minimum absolute atomic E-state index is 0.344. The molecule has 1 aromatic rings. The maximum absolute atomic E-state index is 12.7. The number of piperidine rings is 1. The van der Waals surface area contributed by atoms with Gasteiger partial charge in [-0.2, -0.15) is 4.31 Å². The van der Waals surface area contributed by atoms with Crippen molar-refractivity contribution in [2.45, 2.75) is 24.7 Å². The Labute approximate surface area is 127 Å². The molecular weight excluding hydrogens is 288 g/mol. The Morgan fingerprint density at radius 1 is 1.33 bits per heavy atom. The van der Waals surface area contributed by atoms with E-state index in [1.807, 2.05) is 14.0 Å². The molecule has 1 saturated heterocycles. The molecule has 1 heterocycles. The van der Waals surface area contributed by atoms with Crippen LogP contribution in [-0.4, -0.2) is 46.0 Å². The summed E-state index contributed by atoms with van der Waals surface area (Å²) in [6.45, 7) is 4.53. The van der Waals surface area contributed by atoms with Gasteiger partial charge in [0.05, 0.1) is 11.5 Å². The number of benzene rings is 1. The summed E-state index contributed by atoms with van der Waals surface area (Å²) in [4.78, 5) is 0.344. The summed E-state index contributed by atoms with van der Waals surface area (Å²) in [6, 6.07) is 6.68. The molecule has 21 heavy (non-hydrogen) atoms. The van der Waals surface area contributed by atoms with Gasteiger partial charge < -0.3 is 10.1 Å². The maximum atomic E-state index is 12.7. The third-order valence-electron chi connectivity index (χ3n) is 3.75. The Bertz CT molecular complexity index is 541. The first-order valence-corrected chi connectivity index (χ1v) is 8.89. The minimum atomic E-state index is -3.39. The second-order valence-electron chi connectivity index (χ2n) is 5.33. The van der Waals surface area contributed by atoms with Crippen molar-refractivity contribution in [2.75, 3.05) is 33.3 Å². The van der Waals surface area contributed by atoms with Crippen LogP contribution in [0.1, 0.15) is 19.8 Å². The van der Waals surface area contributed by atoms with Gasteiger partial charge in [0.2, 0.25) is 10.0 Å². The molecule has 1 fully saturated rings. The zero-order valence-corrected chi connectivity index (χ0v) is 13.5. The van der Waals surface area contributed by atoms with Gasteiger partial charge in [0, 0.05) is 13.1 Å². The van der Waals surface area contributed by atoms with Gasteiger partial charge in [0.15, 0.2) is 0 Å². The second-order valence-corrected chi connectivity index (χ2v) is 7.27. The standard InChI is InChI=1S/C15H24N2O3S/c1-3-20-14-6-8-15(9-7-14)21(18,19)17-10-4-5-13(12-17)11-16-2/h6-9,13,16H,3-5,10-12H2,1-2H3. The molecule has 1 aliphatic heterocycles. The lowest BCUT2D eigenvalue weighted by Gasteiger charge is -2.31. The van der Waals surface area contributed by atoms with E-state index < -0.39 is 10.0 Å². The van der Waals surface area contributed by atoms with Crippen LogP contribution in [0.3, 0.4) is 0 Å². The highest BCUT2D eigenvalue weighted by molar-refractivity contribution is 7.89. The quantitative estimate of drug-likeness (QED) is 0.869. The van der Waals surface area contributed by atoms with Crippen LogP contribution in [0, 0.1) is 5.92 Å². The summed E-state index contributed by atoms with van der Waals surface area (Å²) < 4.78 is 32.3. The Morgan fingerprint density at radius 3 is 2.67 bits per heavy atom. The van der Waals surface area contributed by atoms with Gasteiger partial charge >= 0.3 is 0 Å². The molecular formula is C15H24N2O3S. The van der Waals surface area contributed by atoms with E-state index in [9.17, 15) is 8.42 Å². The number of hydrogen-bond donors (Lipinski definition) is 1. The first-order valence-electron chi connectivity index (χ1n) is 7.45. The Kier molecular flexibility index (Phi) is 5.61. The lowest BCUT2D eigenvalue weighted by Crippen LogP contribution is -2.42. The van der Waals surface area contributed by atoms with Crippen LogP contribution in [-0.2, 0) is 10.0 Å². The molecule has 1 unspecified atom stereocenters. The van der Waals surface area contributed by atoms with E-state index in [0.717, 1.165) is 19.4 Å². The zero-order valence-electron chi connectivity index (χ0n) is 12.7. The van der Waals surface area contributed by atoms with E-state index in [0.29, 0.717) is 36.3 Å². The zero-order chi connectivity index (χ0) is 15.3. The highest BCUT2D eigenvalue weighted by Gasteiger charge is 2.29. The predicted octanol–water partition coefficient (Wildman–Crippen LogP) is 1.71. The van der Waals surface area contributed by atoms with Crippen LogP contribution < -0.4 is 10.1 Å². The van der Waals surface area contributed by atoms with E-state index in [-0.39, 0.29) is 0 Å². The molecule has 1 aromatic carbocycles. The van der Waals surface area contributed by atoms with Crippen LogP contribution in [0.5, 0.6) is 5.75 Å². The van der Waals surface area contributed by atoms with Crippen LogP contribution in [0.15, 0.2) is 29.2 Å². The van der Waals surface area contributed by atoms with Crippen LogP contribution in [0.25, 0.3) is 0 Å². The molecule has 2 rings (SSSR count). The van der Waals surface area contributed by atoms with Gasteiger partial charge in [0.25, 0.3) is 0 Å². The molecule has 1 atom stereocenters. The summed E-state index contributed by atoms with van der Waals surface area (Å²) in [5, 5.41) is 3.13. The summed E-state index contributed by atoms with van der Waals surface area (Å²) in [7, 11) is -1.49. The number of nitrogens with one attached hydrogen (secondary N) is 1. The van der Waals surface area contributed by atoms with Crippen molar-refractivity contribution in [3.8, 4) is 5.75 Å². The third-order valence-corrected chi connectivity index (χ3v) is 5.63. The van der Waals surface area contributed by atoms with Crippen molar-refractivity contribution in [1.29, 1.82) is 0 Å². The molecule has 6 heteroatoms. The van der Waals surface area contributed by atoms with Crippen LogP contribution in [0.2, 0.25) is 0 Å². The fraction of sp³-hybridized carbons (Fsp3) is 0.600. The van der Waals surface area contributed by atoms with E-state index in [2.05, 4.69) is 5.32 Å². The molecule has 0 aliphatic carbocycles. The molecule has 5 nitrogen and oxygen atoms in total. The molecule has 1 aliphatic rings. The van der Waals surface area contributed by atoms with E-state index >= 15 is 0 Å². The molecule has 0 spiro atoms. The largest absolute Gasteiger partial charge is 0.494 e. The summed E-state index contributed by atoms with van der Waals surface area (Å²) >= 11 is 0. The Hall–Kier alpha value is -1.11. The number of ether oxygens (including phenoxy) is 1. The lowest BCUT2D eigenvalue weighted by atomic mass is 10.00. The Morgan fingerprint density at radius 2 is 2.05 bits per heavy atom. The SMILES string of the molecule is CCOc1ccc(S(=O)(=O)N2CCCC(CNC)C2)cc1. The molecule has 1 N–H and O–H groups in total. The van der Waals surface area contributed by atoms with Gasteiger partial charge in [-0.05, 0) is 63.5 Å². The Balaban J connectivity index is 2.13. The number of rotatable bonds is 6. The molecule has 118 valence electrons. The first-order chi connectivity index (χ1) is 10.1. The van der Waals surface area contributed by atoms with E-state index in [1.165, 1.54) is 0 Å². The minimum Gasteiger partial charge on any atom is -0.494 e. The molecule has 0 aromatic heterocycles. The number of nitrogens with zero attached hydrogens (tertiary/aromatic N) is 1. The summed E-state index contributed by atoms with van der Waals surface area (Å²) in [5.41, 5.74) is 0. The van der Waals surface area contributed by atoms with Crippen LogP contribution in [0.4, 0.5) is 0 Å². The molecule has 0 radical (unpaired) electrons. The average molecular weight is 312 g/mol. The van der Waals surface area contributed by atoms with Gasteiger partial charge in [-0.1, -0.05) is 0 Å². The highest BCUT2D eigenvalue weighted by atomic mass is 32.2. The van der Waals surface area contributed by atoms with E-state index in [4.69, 9.17) is 4.74 Å². The van der Waals surface area contributed by atoms with Crippen molar-refractivity contribution >= 4 is 10.0 Å². The van der Waals surface area contributed by atoms with Gasteiger partial charge in [-0.25, -0.2) is 8.42 Å². The summed E-state index contributed by atoms with van der Waals surface area (Å²) in [6.07, 6.45) is 2.00. The number of sulfonamides is 1. The highest BCUT2D eigenvalue weighted by Crippen LogP contribution is 2.24. The number of hydrogen-bond acceptors (Lipinski definition) is 4. The fourth-order valence-corrected chi connectivity index (χ4v) is 4.28. The average Bonchev–Trinajstić information content (AvgIpc) is 2.49. The van der Waals surface area contributed by atoms with Gasteiger partial charge in [-0.3, -0.25) is 0 Å². The molecule has 0 bridgehead atoms. The predicted molar refractivity (Wildman–Crippen MR) is 83.0 cm³/mol. The first kappa shape index (κ1) is 16.3. The van der Waals surface area contributed by atoms with Gasteiger partial charge in [0.1, 0.15) is 5.75 Å². The van der Waals surface area contributed by atoms with Crippen molar-refractivity contribution in [3.05, 3.63) is 24.3 Å². The van der Waals surface area contributed by atoms with Crippen molar-refractivity contribution in [2.24, 2.45) is 5.92 Å². The summed E-state index contributed by atoms with van der Waals surface area (Å²) in [5.74, 6) is 1.09. The molecule has 0 saturated carbocycles. The normalized spacial score (nSPS) is 20.4. The second kappa shape index (κ2) is 7.24. The van der Waals surface area contributed by atoms with Crippen molar-refractivity contribution < 1.29 is 13.2 Å². The van der Waals surface area contributed by atoms with E-state index in [1.54, 1.807) is 28.6 Å². The maximum Gasteiger partial charge on any atom is 0.243 e. The van der Waals surface area contributed by atoms with Crippen molar-refractivity contribution in [3.63, 3.8) is 0 Å². The third kappa shape index (κ3) is 3.96. The molecule has 0 amide bonds. The van der Waals surface area contributed by atoms with Crippen LogP contribution >= 0.6 is 0 Å². The monoisotopic (exact) mass is 312 g/mol. The smallest absolute Gasteiger partial charge is 0.243 e. The van der Waals surface area contributed by atoms with Gasteiger partial charge in [-0.15, -0.1) is 0 Å². The van der Waals surface area contributed by atoms with Crippen molar-refractivity contribution in [1.82, 2.24) is 9.62 Å². The topological polar surface area (TPSA) is 58.6 Å². The fourth-order valence-electron chi connectivity index (χ4n) is 2.72. The lowest BCUT2D eigenvalue weighted by molar-refractivity contribution is 0.263.